The van der Waals surface area contributed by atoms with Gasteiger partial charge < -0.3 is 5.32 Å². The first-order valence-corrected chi connectivity index (χ1v) is 11.9. The first kappa shape index (κ1) is 24.0. The number of nitrogens with zero attached hydrogens (tertiary/aromatic N) is 1. The second-order valence-corrected chi connectivity index (χ2v) is 8.87. The summed E-state index contributed by atoms with van der Waals surface area (Å²) < 4.78 is 0. The first-order valence-electron chi connectivity index (χ1n) is 11.9. The molecule has 5 rings (SSSR count). The van der Waals surface area contributed by atoms with Crippen molar-refractivity contribution in [2.24, 2.45) is 0 Å². The van der Waals surface area contributed by atoms with E-state index in [9.17, 15) is 4.79 Å². The highest BCUT2D eigenvalue weighted by Gasteiger charge is 2.12. The fourth-order valence-electron chi connectivity index (χ4n) is 4.67. The fourth-order valence-corrected chi connectivity index (χ4v) is 4.67. The number of nitrogens with one attached hydrogen (secondary N) is 1. The van der Waals surface area contributed by atoms with Gasteiger partial charge in [0.2, 0.25) is 0 Å². The summed E-state index contributed by atoms with van der Waals surface area (Å²) in [4.78, 5) is 15.2. The van der Waals surface area contributed by atoms with Crippen LogP contribution < -0.4 is 5.32 Å². The van der Waals surface area contributed by atoms with Crippen molar-refractivity contribution in [3.05, 3.63) is 102 Å². The lowest BCUT2D eigenvalue weighted by Crippen LogP contribution is -2.30. The number of unbranched alkanes of at least 4 members (excludes halogenated alkanes) is 1. The summed E-state index contributed by atoms with van der Waals surface area (Å²) in [5.41, 5.74) is 3.54. The molecule has 4 aromatic carbocycles. The summed E-state index contributed by atoms with van der Waals surface area (Å²) in [6, 6.07) is 29.3. The maximum Gasteiger partial charge on any atom is 0.251 e. The Morgan fingerprint density at radius 3 is 2.24 bits per heavy atom. The van der Waals surface area contributed by atoms with Crippen LogP contribution in [0.5, 0.6) is 0 Å². The predicted octanol–water partition coefficient (Wildman–Crippen LogP) is 6.71. The summed E-state index contributed by atoms with van der Waals surface area (Å²) in [7, 11) is 0. The van der Waals surface area contributed by atoms with Gasteiger partial charge in [0.05, 0.1) is 0 Å². The van der Waals surface area contributed by atoms with Crippen molar-refractivity contribution in [2.75, 3.05) is 26.2 Å². The van der Waals surface area contributed by atoms with Crippen LogP contribution in [0.1, 0.15) is 35.2 Å². The first-order chi connectivity index (χ1) is 16.3. The molecule has 0 bridgehead atoms. The molecule has 4 aromatic rings. The minimum Gasteiger partial charge on any atom is -0.352 e. The van der Waals surface area contributed by atoms with Gasteiger partial charge in [0.15, 0.2) is 0 Å². The molecular weight excluding hydrogens is 440 g/mol. The Labute approximate surface area is 207 Å². The Morgan fingerprint density at radius 2 is 1.50 bits per heavy atom. The number of hydrogen-bond acceptors (Lipinski definition) is 2. The predicted molar refractivity (Wildman–Crippen MR) is 146 cm³/mol. The molecule has 0 aromatic heterocycles. The molecule has 0 spiro atoms. The molecule has 0 aliphatic carbocycles. The quantitative estimate of drug-likeness (QED) is 0.240. The lowest BCUT2D eigenvalue weighted by atomic mass is 9.99. The minimum absolute atomic E-state index is 0. The van der Waals surface area contributed by atoms with Crippen LogP contribution in [0.3, 0.4) is 0 Å². The summed E-state index contributed by atoms with van der Waals surface area (Å²) in [5.74, 6) is 0.0125. The SMILES string of the molecule is Cl.O=C(NCCCCN1CC=C(c2ccccc2)CC1)c1ccc2cc3ccccc3cc2c1. The maximum absolute atomic E-state index is 12.7. The standard InChI is InChI=1S/C30H30N2O.ClH/c33-30(28-13-12-27-20-25-10-4-5-11-26(25)21-29(27)22-28)31-16-6-7-17-32-18-14-24(15-19-32)23-8-2-1-3-9-23;/h1-5,8-14,20-22H,6-7,15-19H2,(H,31,33);1H. The largest absolute Gasteiger partial charge is 0.352 e. The monoisotopic (exact) mass is 470 g/mol. The van der Waals surface area contributed by atoms with Crippen LogP contribution in [0.4, 0.5) is 0 Å². The third kappa shape index (κ3) is 5.67. The van der Waals surface area contributed by atoms with Crippen LogP contribution in [-0.2, 0) is 0 Å². The Morgan fingerprint density at radius 1 is 0.794 bits per heavy atom. The van der Waals surface area contributed by atoms with E-state index in [0.717, 1.165) is 55.2 Å². The Balaban J connectivity index is 0.00000274. The van der Waals surface area contributed by atoms with Crippen LogP contribution >= 0.6 is 12.4 Å². The zero-order valence-corrected chi connectivity index (χ0v) is 20.2. The second kappa shape index (κ2) is 11.3. The lowest BCUT2D eigenvalue weighted by molar-refractivity contribution is 0.0952. The van der Waals surface area contributed by atoms with Gasteiger partial charge >= 0.3 is 0 Å². The summed E-state index contributed by atoms with van der Waals surface area (Å²) in [5, 5.41) is 7.79. The molecule has 174 valence electrons. The van der Waals surface area contributed by atoms with Gasteiger partial charge in [-0.2, -0.15) is 0 Å². The van der Waals surface area contributed by atoms with Crippen molar-refractivity contribution >= 4 is 45.4 Å². The fraction of sp³-hybridized carbons (Fsp3) is 0.233. The highest BCUT2D eigenvalue weighted by molar-refractivity contribution is 6.03. The number of rotatable bonds is 7. The number of halogens is 1. The number of carbonyl (C=O) groups excluding carboxylic acids is 1. The lowest BCUT2D eigenvalue weighted by Gasteiger charge is -2.26. The van der Waals surface area contributed by atoms with Crippen molar-refractivity contribution < 1.29 is 4.79 Å². The van der Waals surface area contributed by atoms with Gasteiger partial charge in [-0.1, -0.05) is 66.7 Å². The molecule has 1 heterocycles. The van der Waals surface area contributed by atoms with E-state index in [1.807, 2.05) is 24.3 Å². The van der Waals surface area contributed by atoms with Gasteiger partial charge in [0.1, 0.15) is 0 Å². The second-order valence-electron chi connectivity index (χ2n) is 8.87. The van der Waals surface area contributed by atoms with E-state index in [2.05, 4.69) is 77.0 Å². The van der Waals surface area contributed by atoms with E-state index >= 15 is 0 Å². The van der Waals surface area contributed by atoms with Crippen LogP contribution in [0.25, 0.3) is 27.1 Å². The molecule has 3 nitrogen and oxygen atoms in total. The Bertz CT molecular complexity index is 1300. The van der Waals surface area contributed by atoms with E-state index in [-0.39, 0.29) is 18.3 Å². The van der Waals surface area contributed by atoms with Gasteiger partial charge in [0.25, 0.3) is 5.91 Å². The Hall–Kier alpha value is -3.14. The third-order valence-electron chi connectivity index (χ3n) is 6.59. The van der Waals surface area contributed by atoms with Crippen molar-refractivity contribution in [1.29, 1.82) is 0 Å². The third-order valence-corrected chi connectivity index (χ3v) is 6.59. The van der Waals surface area contributed by atoms with Crippen LogP contribution in [-0.4, -0.2) is 37.0 Å². The van der Waals surface area contributed by atoms with Gasteiger partial charge in [-0.3, -0.25) is 9.69 Å². The molecule has 0 radical (unpaired) electrons. The van der Waals surface area contributed by atoms with Gasteiger partial charge in [0, 0.05) is 25.2 Å². The highest BCUT2D eigenvalue weighted by Crippen LogP contribution is 2.24. The molecule has 0 saturated heterocycles. The number of amides is 1. The molecule has 4 heteroatoms. The van der Waals surface area contributed by atoms with Crippen LogP contribution in [0.15, 0.2) is 91.0 Å². The number of benzene rings is 4. The molecule has 0 saturated carbocycles. The van der Waals surface area contributed by atoms with E-state index in [1.54, 1.807) is 0 Å². The summed E-state index contributed by atoms with van der Waals surface area (Å²) in [6.07, 6.45) is 5.57. The molecule has 1 N–H and O–H groups in total. The normalized spacial score (nSPS) is 13.9. The smallest absolute Gasteiger partial charge is 0.251 e. The molecule has 1 amide bonds. The topological polar surface area (TPSA) is 32.3 Å². The van der Waals surface area contributed by atoms with E-state index in [1.165, 1.54) is 21.9 Å². The average Bonchev–Trinajstić information content (AvgIpc) is 2.87. The maximum atomic E-state index is 12.7. The van der Waals surface area contributed by atoms with E-state index < -0.39 is 0 Å². The minimum atomic E-state index is 0. The van der Waals surface area contributed by atoms with Crippen molar-refractivity contribution in [3.8, 4) is 0 Å². The Kier molecular flexibility index (Phi) is 7.99. The zero-order valence-electron chi connectivity index (χ0n) is 19.4. The average molecular weight is 471 g/mol. The molecule has 0 unspecified atom stereocenters. The summed E-state index contributed by atoms with van der Waals surface area (Å²) >= 11 is 0. The van der Waals surface area contributed by atoms with Gasteiger partial charge in [-0.25, -0.2) is 0 Å². The number of fused-ring (bicyclic) bond motifs is 2. The van der Waals surface area contributed by atoms with Crippen LogP contribution in [0.2, 0.25) is 0 Å². The van der Waals surface area contributed by atoms with Gasteiger partial charge in [-0.05, 0) is 82.8 Å². The molecule has 1 aliphatic heterocycles. The zero-order chi connectivity index (χ0) is 22.5. The van der Waals surface area contributed by atoms with Crippen molar-refractivity contribution in [2.45, 2.75) is 19.3 Å². The highest BCUT2D eigenvalue weighted by atomic mass is 35.5. The van der Waals surface area contributed by atoms with E-state index in [0.29, 0.717) is 6.54 Å². The van der Waals surface area contributed by atoms with Crippen LogP contribution in [0, 0.1) is 0 Å². The molecule has 0 fully saturated rings. The molecule has 34 heavy (non-hydrogen) atoms. The van der Waals surface area contributed by atoms with E-state index in [4.69, 9.17) is 0 Å². The number of hydrogen-bond donors (Lipinski definition) is 1. The number of carbonyl (C=O) groups is 1. The molecule has 1 aliphatic rings. The molecule has 0 atom stereocenters. The van der Waals surface area contributed by atoms with Crippen molar-refractivity contribution in [3.63, 3.8) is 0 Å². The molecular formula is C30H31ClN2O. The van der Waals surface area contributed by atoms with Gasteiger partial charge in [-0.15, -0.1) is 12.4 Å². The van der Waals surface area contributed by atoms with Crippen molar-refractivity contribution in [1.82, 2.24) is 10.2 Å². The summed E-state index contributed by atoms with van der Waals surface area (Å²) in [6.45, 7) is 3.92.